The fourth-order valence-corrected chi connectivity index (χ4v) is 2.80. The molecular formula is C22H20F2N2O4. The van der Waals surface area contributed by atoms with E-state index in [0.717, 1.165) is 11.0 Å². The SMILES string of the molecule is CCc1nc2ccc(N(CC(=O)OC(C)(C)C)C(=O)C3=C(F)C=C=C=C3F)cc2o1. The Labute approximate surface area is 171 Å². The van der Waals surface area contributed by atoms with Crippen LogP contribution < -0.4 is 4.90 Å². The third kappa shape index (κ3) is 4.57. The lowest BCUT2D eigenvalue weighted by Gasteiger charge is -2.25. The van der Waals surface area contributed by atoms with Gasteiger partial charge in [0.15, 0.2) is 17.3 Å². The summed E-state index contributed by atoms with van der Waals surface area (Å²) in [5.74, 6) is -3.62. The third-order valence-electron chi connectivity index (χ3n) is 4.04. The number of esters is 1. The van der Waals surface area contributed by atoms with E-state index < -0.39 is 41.2 Å². The summed E-state index contributed by atoms with van der Waals surface area (Å²) in [5, 5.41) is 0. The van der Waals surface area contributed by atoms with Crippen molar-refractivity contribution in [2.24, 2.45) is 0 Å². The molecule has 3 rings (SSSR count). The zero-order chi connectivity index (χ0) is 22.1. The van der Waals surface area contributed by atoms with Gasteiger partial charge in [0.25, 0.3) is 5.91 Å². The summed E-state index contributed by atoms with van der Waals surface area (Å²) in [7, 11) is 0. The van der Waals surface area contributed by atoms with Crippen LogP contribution in [0.2, 0.25) is 0 Å². The Bertz CT molecular complexity index is 1160. The first-order valence-electron chi connectivity index (χ1n) is 9.29. The third-order valence-corrected chi connectivity index (χ3v) is 4.04. The van der Waals surface area contributed by atoms with Gasteiger partial charge >= 0.3 is 5.97 Å². The number of oxazole rings is 1. The smallest absolute Gasteiger partial charge is 0.326 e. The number of amides is 1. The number of aryl methyl sites for hydroxylation is 1. The standard InChI is InChI=1S/C22H20F2N2O4/c1-5-18-25-16-10-9-13(11-17(16)29-18)26(12-19(27)30-22(2,3)4)21(28)20-14(23)7-6-8-15(20)24/h7,9-11H,5,12H2,1-4H3. The average molecular weight is 414 g/mol. The highest BCUT2D eigenvalue weighted by Crippen LogP contribution is 2.28. The number of hydrogen-bond donors (Lipinski definition) is 0. The molecule has 30 heavy (non-hydrogen) atoms. The number of carbonyl (C=O) groups excluding carboxylic acids is 2. The lowest BCUT2D eigenvalue weighted by Crippen LogP contribution is -2.40. The summed E-state index contributed by atoms with van der Waals surface area (Å²) in [6.45, 7) is 6.33. The van der Waals surface area contributed by atoms with E-state index in [0.29, 0.717) is 23.4 Å². The van der Waals surface area contributed by atoms with Crippen LogP contribution in [-0.2, 0) is 20.7 Å². The van der Waals surface area contributed by atoms with E-state index in [4.69, 9.17) is 9.15 Å². The quantitative estimate of drug-likeness (QED) is 0.533. The number of fused-ring (bicyclic) bond motifs is 1. The Hall–Kier alpha value is -3.47. The van der Waals surface area contributed by atoms with Crippen molar-refractivity contribution < 1.29 is 27.5 Å². The van der Waals surface area contributed by atoms with Crippen molar-refractivity contribution in [2.75, 3.05) is 11.4 Å². The molecule has 156 valence electrons. The van der Waals surface area contributed by atoms with Gasteiger partial charge in [-0.15, -0.1) is 0 Å². The molecule has 0 radical (unpaired) electrons. The van der Waals surface area contributed by atoms with Gasteiger partial charge in [-0.2, -0.15) is 4.39 Å². The Morgan fingerprint density at radius 1 is 1.27 bits per heavy atom. The second-order valence-electron chi connectivity index (χ2n) is 7.54. The minimum absolute atomic E-state index is 0.198. The second-order valence-corrected chi connectivity index (χ2v) is 7.54. The molecule has 0 saturated carbocycles. The van der Waals surface area contributed by atoms with Gasteiger partial charge in [-0.05, 0) is 38.6 Å². The summed E-state index contributed by atoms with van der Waals surface area (Å²) < 4.78 is 39.2. The van der Waals surface area contributed by atoms with Crippen LogP contribution in [0.15, 0.2) is 57.4 Å². The van der Waals surface area contributed by atoms with Crippen LogP contribution in [0.3, 0.4) is 0 Å². The molecule has 0 fully saturated rings. The molecule has 0 atom stereocenters. The molecule has 0 spiro atoms. The van der Waals surface area contributed by atoms with Gasteiger partial charge in [0.05, 0.1) is 0 Å². The molecule has 1 heterocycles. The molecule has 1 aliphatic carbocycles. The minimum Gasteiger partial charge on any atom is -0.459 e. The number of benzene rings is 1. The van der Waals surface area contributed by atoms with Crippen molar-refractivity contribution in [1.82, 2.24) is 4.98 Å². The first-order valence-corrected chi connectivity index (χ1v) is 9.29. The Balaban J connectivity index is 2.03. The molecule has 0 bridgehead atoms. The maximum absolute atomic E-state index is 14.2. The van der Waals surface area contributed by atoms with E-state index in [9.17, 15) is 18.4 Å². The van der Waals surface area contributed by atoms with E-state index in [-0.39, 0.29) is 5.69 Å². The topological polar surface area (TPSA) is 72.6 Å². The molecule has 8 heteroatoms. The van der Waals surface area contributed by atoms with Crippen molar-refractivity contribution in [2.45, 2.75) is 39.7 Å². The number of aromatic nitrogens is 1. The molecule has 1 aromatic carbocycles. The predicted octanol–water partition coefficient (Wildman–Crippen LogP) is 4.47. The molecule has 6 nitrogen and oxygen atoms in total. The molecule has 0 saturated heterocycles. The number of anilines is 1. The van der Waals surface area contributed by atoms with Crippen LogP contribution >= 0.6 is 0 Å². The van der Waals surface area contributed by atoms with E-state index >= 15 is 0 Å². The number of rotatable bonds is 5. The molecule has 2 aromatic rings. The fraction of sp³-hybridized carbons (Fsp3) is 0.318. The van der Waals surface area contributed by atoms with Crippen molar-refractivity contribution >= 4 is 28.7 Å². The van der Waals surface area contributed by atoms with Gasteiger partial charge in [0.2, 0.25) is 0 Å². The highest BCUT2D eigenvalue weighted by molar-refractivity contribution is 6.11. The summed E-state index contributed by atoms with van der Waals surface area (Å²) in [4.78, 5) is 30.7. The van der Waals surface area contributed by atoms with Crippen molar-refractivity contribution in [3.63, 3.8) is 0 Å². The van der Waals surface area contributed by atoms with Gasteiger partial charge in [-0.25, -0.2) is 9.37 Å². The largest absolute Gasteiger partial charge is 0.459 e. The van der Waals surface area contributed by atoms with Crippen molar-refractivity contribution in [1.29, 1.82) is 0 Å². The predicted molar refractivity (Wildman–Crippen MR) is 106 cm³/mol. The summed E-state index contributed by atoms with van der Waals surface area (Å²) in [5.41, 5.74) is 3.67. The highest BCUT2D eigenvalue weighted by Gasteiger charge is 2.30. The molecular weight excluding hydrogens is 394 g/mol. The highest BCUT2D eigenvalue weighted by atomic mass is 19.1. The molecule has 0 N–H and O–H groups in total. The molecule has 1 aliphatic rings. The van der Waals surface area contributed by atoms with Gasteiger partial charge in [0.1, 0.15) is 29.1 Å². The van der Waals surface area contributed by atoms with E-state index in [2.05, 4.69) is 10.7 Å². The number of halogens is 2. The summed E-state index contributed by atoms with van der Waals surface area (Å²) in [6.07, 6.45) is 1.37. The lowest BCUT2D eigenvalue weighted by atomic mass is 10.1. The molecule has 0 unspecified atom stereocenters. The van der Waals surface area contributed by atoms with Crippen molar-refractivity contribution in [3.8, 4) is 0 Å². The van der Waals surface area contributed by atoms with E-state index in [1.807, 2.05) is 12.7 Å². The number of ether oxygens (including phenoxy) is 1. The van der Waals surface area contributed by atoms with Crippen LogP contribution in [0.5, 0.6) is 0 Å². The number of nitrogens with zero attached hydrogens (tertiary/aromatic N) is 2. The summed E-state index contributed by atoms with van der Waals surface area (Å²) in [6, 6.07) is 4.60. The minimum atomic E-state index is -1.21. The van der Waals surface area contributed by atoms with Crippen LogP contribution in [0.25, 0.3) is 11.1 Å². The van der Waals surface area contributed by atoms with Gasteiger partial charge in [0, 0.05) is 24.3 Å². The lowest BCUT2D eigenvalue weighted by molar-refractivity contribution is -0.153. The van der Waals surface area contributed by atoms with Gasteiger partial charge in [-0.3, -0.25) is 14.5 Å². The average Bonchev–Trinajstić information content (AvgIpc) is 3.06. The monoisotopic (exact) mass is 414 g/mol. The normalized spacial score (nSPS) is 13.6. The number of hydrogen-bond acceptors (Lipinski definition) is 5. The van der Waals surface area contributed by atoms with Crippen LogP contribution in [0.4, 0.5) is 14.5 Å². The molecule has 1 aromatic heterocycles. The first-order chi connectivity index (χ1) is 14.1. The van der Waals surface area contributed by atoms with Gasteiger partial charge < -0.3 is 9.15 Å². The Morgan fingerprint density at radius 3 is 2.63 bits per heavy atom. The van der Waals surface area contributed by atoms with E-state index in [1.165, 1.54) is 12.1 Å². The molecule has 0 aliphatic heterocycles. The van der Waals surface area contributed by atoms with Crippen molar-refractivity contribution in [3.05, 3.63) is 58.9 Å². The molecule has 1 amide bonds. The maximum Gasteiger partial charge on any atom is 0.326 e. The summed E-state index contributed by atoms with van der Waals surface area (Å²) >= 11 is 0. The van der Waals surface area contributed by atoms with Crippen LogP contribution in [0.1, 0.15) is 33.6 Å². The zero-order valence-corrected chi connectivity index (χ0v) is 17.0. The first kappa shape index (κ1) is 21.2. The van der Waals surface area contributed by atoms with Crippen LogP contribution in [-0.4, -0.2) is 29.0 Å². The Morgan fingerprint density at radius 2 is 2.00 bits per heavy atom. The van der Waals surface area contributed by atoms with Gasteiger partial charge in [-0.1, -0.05) is 12.7 Å². The van der Waals surface area contributed by atoms with E-state index in [1.54, 1.807) is 26.8 Å². The second kappa shape index (κ2) is 8.11. The number of allylic oxidation sites excluding steroid dienone is 2. The zero-order valence-electron chi connectivity index (χ0n) is 17.0. The van der Waals surface area contributed by atoms with Crippen LogP contribution in [0, 0.1) is 0 Å². The maximum atomic E-state index is 14.2. The fourth-order valence-electron chi connectivity index (χ4n) is 2.80. The Kier molecular flexibility index (Phi) is 5.74. The number of carbonyl (C=O) groups is 2.